The molecule has 0 radical (unpaired) electrons. The first-order valence-electron chi connectivity index (χ1n) is 5.52. The summed E-state index contributed by atoms with van der Waals surface area (Å²) in [7, 11) is 0. The van der Waals surface area contributed by atoms with Gasteiger partial charge in [-0.25, -0.2) is 0 Å². The summed E-state index contributed by atoms with van der Waals surface area (Å²) in [6.07, 6.45) is 0.111. The van der Waals surface area contributed by atoms with Gasteiger partial charge in [0.05, 0.1) is 23.7 Å². The van der Waals surface area contributed by atoms with Gasteiger partial charge in [-0.2, -0.15) is 5.26 Å². The molecule has 0 fully saturated rings. The first-order chi connectivity index (χ1) is 8.56. The fourth-order valence-corrected chi connectivity index (χ4v) is 1.44. The van der Waals surface area contributed by atoms with Crippen LogP contribution in [0, 0.1) is 21.4 Å². The van der Waals surface area contributed by atoms with E-state index in [0.29, 0.717) is 30.8 Å². The second-order valence-electron chi connectivity index (χ2n) is 3.77. The van der Waals surface area contributed by atoms with E-state index in [-0.39, 0.29) is 5.69 Å². The molecule has 0 amide bonds. The van der Waals surface area contributed by atoms with Gasteiger partial charge >= 0.3 is 0 Å². The Balaban J connectivity index is 2.84. The largest absolute Gasteiger partial charge is 0.493 e. The van der Waals surface area contributed by atoms with Crippen LogP contribution in [0.5, 0.6) is 5.75 Å². The number of nitro benzene ring substituents is 1. The number of nitro groups is 1. The topological polar surface area (TPSA) is 96.4 Å². The minimum Gasteiger partial charge on any atom is -0.493 e. The summed E-state index contributed by atoms with van der Waals surface area (Å²) in [6, 6.07) is 6.08. The summed E-state index contributed by atoms with van der Waals surface area (Å²) in [5.74, 6) is 0.411. The van der Waals surface area contributed by atoms with Gasteiger partial charge in [-0.1, -0.05) is 0 Å². The van der Waals surface area contributed by atoms with Crippen molar-refractivity contribution in [3.8, 4) is 11.8 Å². The number of non-ortho nitro benzene ring substituents is 1. The summed E-state index contributed by atoms with van der Waals surface area (Å²) in [5.41, 5.74) is 0.288. The van der Waals surface area contributed by atoms with Gasteiger partial charge in [-0.3, -0.25) is 10.1 Å². The third-order valence-corrected chi connectivity index (χ3v) is 2.34. The van der Waals surface area contributed by atoms with Gasteiger partial charge in [0.2, 0.25) is 0 Å². The zero-order chi connectivity index (χ0) is 13.5. The summed E-state index contributed by atoms with van der Waals surface area (Å²) < 4.78 is 5.40. The smallest absolute Gasteiger partial charge is 0.270 e. The van der Waals surface area contributed by atoms with E-state index in [2.05, 4.69) is 0 Å². The lowest BCUT2D eigenvalue weighted by molar-refractivity contribution is -0.385. The highest BCUT2D eigenvalue weighted by Crippen LogP contribution is 2.29. The normalized spacial score (nSPS) is 11.6. The van der Waals surface area contributed by atoms with E-state index in [9.17, 15) is 15.2 Å². The van der Waals surface area contributed by atoms with Crippen LogP contribution < -0.4 is 4.74 Å². The van der Waals surface area contributed by atoms with Gasteiger partial charge in [-0.05, 0) is 19.4 Å². The lowest BCUT2D eigenvalue weighted by Crippen LogP contribution is -2.03. The van der Waals surface area contributed by atoms with Gasteiger partial charge in [-0.15, -0.1) is 0 Å². The van der Waals surface area contributed by atoms with Crippen molar-refractivity contribution in [1.29, 1.82) is 5.26 Å². The number of nitriles is 1. The fraction of sp³-hybridized carbons (Fsp3) is 0.417. The molecule has 0 aliphatic heterocycles. The van der Waals surface area contributed by atoms with E-state index >= 15 is 0 Å². The highest BCUT2D eigenvalue weighted by molar-refractivity contribution is 5.44. The van der Waals surface area contributed by atoms with Gasteiger partial charge in [0, 0.05) is 24.1 Å². The Labute approximate surface area is 105 Å². The van der Waals surface area contributed by atoms with E-state index in [1.54, 1.807) is 0 Å². The average molecular weight is 250 g/mol. The molecule has 18 heavy (non-hydrogen) atoms. The van der Waals surface area contributed by atoms with Crippen molar-refractivity contribution in [2.24, 2.45) is 0 Å². The predicted octanol–water partition coefficient (Wildman–Crippen LogP) is 2.33. The van der Waals surface area contributed by atoms with Crippen molar-refractivity contribution in [3.63, 3.8) is 0 Å². The third kappa shape index (κ3) is 3.71. The summed E-state index contributed by atoms with van der Waals surface area (Å²) >= 11 is 0. The minimum absolute atomic E-state index is 0.0877. The standard InChI is InChI=1S/C12H14N2O4/c1-9(15)11-8-10(14(16)17)4-5-12(11)18-7-3-2-6-13/h4-5,8-9,15H,2-3,7H2,1H3. The molecular weight excluding hydrogens is 236 g/mol. The summed E-state index contributed by atoms with van der Waals surface area (Å²) in [5, 5.41) is 28.6. The molecule has 1 rings (SSSR count). The van der Waals surface area contributed by atoms with E-state index in [4.69, 9.17) is 10.00 Å². The predicted molar refractivity (Wildman–Crippen MR) is 64.1 cm³/mol. The monoisotopic (exact) mass is 250 g/mol. The maximum atomic E-state index is 10.6. The maximum Gasteiger partial charge on any atom is 0.270 e. The number of nitrogens with zero attached hydrogens (tertiary/aromatic N) is 2. The Morgan fingerprint density at radius 3 is 2.89 bits per heavy atom. The summed E-state index contributed by atoms with van der Waals surface area (Å²) in [6.45, 7) is 1.85. The quantitative estimate of drug-likeness (QED) is 0.474. The molecule has 96 valence electrons. The zero-order valence-electron chi connectivity index (χ0n) is 10.00. The first-order valence-corrected chi connectivity index (χ1v) is 5.52. The molecule has 1 aromatic carbocycles. The number of aliphatic hydroxyl groups is 1. The Hall–Kier alpha value is -2.13. The molecule has 0 bridgehead atoms. The van der Waals surface area contributed by atoms with Crippen LogP contribution in [0.3, 0.4) is 0 Å². The third-order valence-electron chi connectivity index (χ3n) is 2.34. The molecule has 1 atom stereocenters. The van der Waals surface area contributed by atoms with Crippen LogP contribution in [0.4, 0.5) is 5.69 Å². The molecule has 1 N–H and O–H groups in total. The van der Waals surface area contributed by atoms with Crippen molar-refractivity contribution in [2.75, 3.05) is 6.61 Å². The molecule has 0 aromatic heterocycles. The van der Waals surface area contributed by atoms with Gasteiger partial charge in [0.1, 0.15) is 5.75 Å². The van der Waals surface area contributed by atoms with E-state index in [1.807, 2.05) is 6.07 Å². The van der Waals surface area contributed by atoms with E-state index in [0.717, 1.165) is 0 Å². The Kier molecular flexibility index (Phi) is 5.08. The van der Waals surface area contributed by atoms with Crippen molar-refractivity contribution in [2.45, 2.75) is 25.9 Å². The Morgan fingerprint density at radius 1 is 1.61 bits per heavy atom. The van der Waals surface area contributed by atoms with E-state index in [1.165, 1.54) is 25.1 Å². The van der Waals surface area contributed by atoms with Crippen LogP contribution in [-0.2, 0) is 0 Å². The van der Waals surface area contributed by atoms with Crippen molar-refractivity contribution in [1.82, 2.24) is 0 Å². The number of benzene rings is 1. The maximum absolute atomic E-state index is 10.6. The number of hydrogen-bond donors (Lipinski definition) is 1. The zero-order valence-corrected chi connectivity index (χ0v) is 10.00. The molecule has 0 aliphatic rings. The fourth-order valence-electron chi connectivity index (χ4n) is 1.44. The average Bonchev–Trinajstić information content (AvgIpc) is 2.34. The molecule has 1 unspecified atom stereocenters. The highest BCUT2D eigenvalue weighted by atomic mass is 16.6. The van der Waals surface area contributed by atoms with Crippen LogP contribution >= 0.6 is 0 Å². The molecule has 0 heterocycles. The summed E-state index contributed by atoms with van der Waals surface area (Å²) in [4.78, 5) is 10.1. The molecule has 6 nitrogen and oxygen atoms in total. The van der Waals surface area contributed by atoms with Crippen molar-refractivity contribution in [3.05, 3.63) is 33.9 Å². The lowest BCUT2D eigenvalue weighted by atomic mass is 10.1. The molecule has 6 heteroatoms. The lowest BCUT2D eigenvalue weighted by Gasteiger charge is -2.12. The van der Waals surface area contributed by atoms with Crippen molar-refractivity contribution < 1.29 is 14.8 Å². The van der Waals surface area contributed by atoms with Gasteiger partial charge in [0.25, 0.3) is 5.69 Å². The van der Waals surface area contributed by atoms with Crippen LogP contribution in [0.15, 0.2) is 18.2 Å². The minimum atomic E-state index is -0.851. The van der Waals surface area contributed by atoms with Crippen molar-refractivity contribution >= 4 is 5.69 Å². The highest BCUT2D eigenvalue weighted by Gasteiger charge is 2.15. The van der Waals surface area contributed by atoms with E-state index < -0.39 is 11.0 Å². The van der Waals surface area contributed by atoms with Crippen LogP contribution in [0.25, 0.3) is 0 Å². The first kappa shape index (κ1) is 13.9. The number of aliphatic hydroxyl groups excluding tert-OH is 1. The number of unbranched alkanes of at least 4 members (excludes halogenated alkanes) is 1. The SMILES string of the molecule is CC(O)c1cc([N+](=O)[O-])ccc1OCCCC#N. The van der Waals surface area contributed by atoms with Crippen LogP contribution in [0.2, 0.25) is 0 Å². The van der Waals surface area contributed by atoms with Gasteiger partial charge < -0.3 is 9.84 Å². The molecular formula is C12H14N2O4. The molecule has 0 saturated carbocycles. The number of hydrogen-bond acceptors (Lipinski definition) is 5. The second kappa shape index (κ2) is 6.57. The number of ether oxygens (including phenoxy) is 1. The van der Waals surface area contributed by atoms with Gasteiger partial charge in [0.15, 0.2) is 0 Å². The van der Waals surface area contributed by atoms with Crippen LogP contribution in [-0.4, -0.2) is 16.6 Å². The Bertz CT molecular complexity index is 466. The number of rotatable bonds is 6. The van der Waals surface area contributed by atoms with Crippen LogP contribution in [0.1, 0.15) is 31.4 Å². The molecule has 0 aliphatic carbocycles. The second-order valence-corrected chi connectivity index (χ2v) is 3.77. The molecule has 0 saturated heterocycles. The Morgan fingerprint density at radius 2 is 2.33 bits per heavy atom. The molecule has 0 spiro atoms. The molecule has 1 aromatic rings.